The van der Waals surface area contributed by atoms with Gasteiger partial charge in [-0.15, -0.1) is 0 Å². The number of aromatic nitrogens is 2. The SMILES string of the molecule is N#Cc1ccnc(-c2ccc(-c3cc4c(c5ccccc35)c3c5ccccc5ccc3n4-c3ccccc3)cc2)c1. The van der Waals surface area contributed by atoms with Crippen molar-refractivity contribution in [2.75, 3.05) is 0 Å². The highest BCUT2D eigenvalue weighted by Gasteiger charge is 2.19. The first-order chi connectivity index (χ1) is 20.3. The highest BCUT2D eigenvalue weighted by Crippen LogP contribution is 2.43. The fourth-order valence-corrected chi connectivity index (χ4v) is 6.21. The lowest BCUT2D eigenvalue weighted by molar-refractivity contribution is 1.18. The highest BCUT2D eigenvalue weighted by atomic mass is 15.0. The van der Waals surface area contributed by atoms with Crippen LogP contribution in [0.1, 0.15) is 5.56 Å². The molecule has 190 valence electrons. The Hall–Kier alpha value is -5.72. The van der Waals surface area contributed by atoms with Gasteiger partial charge in [0.15, 0.2) is 0 Å². The number of rotatable bonds is 3. The number of hydrogen-bond donors (Lipinski definition) is 0. The van der Waals surface area contributed by atoms with Gasteiger partial charge in [0.1, 0.15) is 0 Å². The van der Waals surface area contributed by atoms with Gasteiger partial charge in [0.2, 0.25) is 0 Å². The molecule has 0 aliphatic rings. The van der Waals surface area contributed by atoms with E-state index in [1.165, 1.54) is 48.9 Å². The molecular weight excluding hydrogens is 498 g/mol. The van der Waals surface area contributed by atoms with Gasteiger partial charge in [0.05, 0.1) is 28.4 Å². The van der Waals surface area contributed by atoms with Crippen LogP contribution in [0.15, 0.2) is 140 Å². The van der Waals surface area contributed by atoms with Gasteiger partial charge >= 0.3 is 0 Å². The van der Waals surface area contributed by atoms with E-state index in [-0.39, 0.29) is 0 Å². The summed E-state index contributed by atoms with van der Waals surface area (Å²) in [7, 11) is 0. The van der Waals surface area contributed by atoms with Crippen molar-refractivity contribution in [3.63, 3.8) is 0 Å². The fraction of sp³-hybridized carbons (Fsp3) is 0. The topological polar surface area (TPSA) is 41.6 Å². The lowest BCUT2D eigenvalue weighted by atomic mass is 9.93. The second kappa shape index (κ2) is 9.19. The van der Waals surface area contributed by atoms with Crippen LogP contribution >= 0.6 is 0 Å². The van der Waals surface area contributed by atoms with Crippen molar-refractivity contribution in [3.8, 4) is 34.1 Å². The summed E-state index contributed by atoms with van der Waals surface area (Å²) in [5, 5.41) is 16.8. The van der Waals surface area contributed by atoms with Gasteiger partial charge in [0.25, 0.3) is 0 Å². The number of nitriles is 1. The van der Waals surface area contributed by atoms with E-state index in [1.807, 2.05) is 6.07 Å². The summed E-state index contributed by atoms with van der Waals surface area (Å²) in [6.45, 7) is 0. The monoisotopic (exact) mass is 521 g/mol. The standard InChI is InChI=1S/C38H23N3/c39-24-25-20-21-40-34(22-25)28-16-14-27(15-17-28)33-23-36-38(32-13-7-6-12-31(32)33)37-30-11-5-4-8-26(30)18-19-35(37)41(36)29-9-2-1-3-10-29/h1-23H. The number of pyridine rings is 1. The van der Waals surface area contributed by atoms with Crippen molar-refractivity contribution in [1.29, 1.82) is 5.26 Å². The molecule has 0 aliphatic carbocycles. The van der Waals surface area contributed by atoms with E-state index in [9.17, 15) is 5.26 Å². The van der Waals surface area contributed by atoms with E-state index in [2.05, 4.69) is 137 Å². The van der Waals surface area contributed by atoms with Crippen LogP contribution in [0.3, 0.4) is 0 Å². The van der Waals surface area contributed by atoms with Crippen LogP contribution in [0.2, 0.25) is 0 Å². The van der Waals surface area contributed by atoms with E-state index in [1.54, 1.807) is 12.3 Å². The maximum Gasteiger partial charge on any atom is 0.0992 e. The van der Waals surface area contributed by atoms with Crippen LogP contribution in [0.25, 0.3) is 71.4 Å². The molecule has 0 radical (unpaired) electrons. The molecule has 0 spiro atoms. The Morgan fingerprint density at radius 3 is 2.05 bits per heavy atom. The summed E-state index contributed by atoms with van der Waals surface area (Å²) in [5.41, 5.74) is 8.24. The summed E-state index contributed by atoms with van der Waals surface area (Å²) in [4.78, 5) is 4.49. The van der Waals surface area contributed by atoms with Gasteiger partial charge in [-0.1, -0.05) is 97.1 Å². The predicted octanol–water partition coefficient (Wildman–Crippen LogP) is 9.69. The molecule has 8 rings (SSSR count). The van der Waals surface area contributed by atoms with Gasteiger partial charge in [-0.2, -0.15) is 5.26 Å². The molecule has 0 saturated heterocycles. The normalized spacial score (nSPS) is 11.4. The van der Waals surface area contributed by atoms with Crippen molar-refractivity contribution in [3.05, 3.63) is 145 Å². The third kappa shape index (κ3) is 3.62. The van der Waals surface area contributed by atoms with Crippen LogP contribution < -0.4 is 0 Å². The molecule has 41 heavy (non-hydrogen) atoms. The number of hydrogen-bond acceptors (Lipinski definition) is 2. The minimum absolute atomic E-state index is 0.608. The fourth-order valence-electron chi connectivity index (χ4n) is 6.21. The molecule has 0 N–H and O–H groups in total. The average Bonchev–Trinajstić information content (AvgIpc) is 3.40. The molecule has 6 aromatic carbocycles. The van der Waals surface area contributed by atoms with Crippen LogP contribution in [0.5, 0.6) is 0 Å². The number of fused-ring (bicyclic) bond motifs is 7. The molecule has 3 heteroatoms. The van der Waals surface area contributed by atoms with Crippen molar-refractivity contribution in [1.82, 2.24) is 9.55 Å². The maximum absolute atomic E-state index is 9.32. The first kappa shape index (κ1) is 23.2. The molecular formula is C38H23N3. The first-order valence-electron chi connectivity index (χ1n) is 13.7. The molecule has 0 aliphatic heterocycles. The molecule has 0 amide bonds. The van der Waals surface area contributed by atoms with E-state index >= 15 is 0 Å². The lowest BCUT2D eigenvalue weighted by Crippen LogP contribution is -1.94. The van der Waals surface area contributed by atoms with Crippen molar-refractivity contribution >= 4 is 43.4 Å². The van der Waals surface area contributed by atoms with Crippen LogP contribution in [-0.4, -0.2) is 9.55 Å². The van der Waals surface area contributed by atoms with Gasteiger partial charge < -0.3 is 4.57 Å². The summed E-state index contributed by atoms with van der Waals surface area (Å²) in [6, 6.07) is 49.2. The minimum Gasteiger partial charge on any atom is -0.309 e. The largest absolute Gasteiger partial charge is 0.309 e. The van der Waals surface area contributed by atoms with Gasteiger partial charge in [-0.3, -0.25) is 4.98 Å². The Kier molecular flexibility index (Phi) is 5.20. The van der Waals surface area contributed by atoms with Crippen LogP contribution in [-0.2, 0) is 0 Å². The molecule has 0 fully saturated rings. The van der Waals surface area contributed by atoms with Crippen molar-refractivity contribution < 1.29 is 0 Å². The maximum atomic E-state index is 9.32. The average molecular weight is 522 g/mol. The second-order valence-corrected chi connectivity index (χ2v) is 10.3. The zero-order chi connectivity index (χ0) is 27.3. The molecule has 0 atom stereocenters. The predicted molar refractivity (Wildman–Crippen MR) is 169 cm³/mol. The zero-order valence-electron chi connectivity index (χ0n) is 22.1. The van der Waals surface area contributed by atoms with Crippen molar-refractivity contribution in [2.45, 2.75) is 0 Å². The highest BCUT2D eigenvalue weighted by molar-refractivity contribution is 6.30. The Bertz CT molecular complexity index is 2300. The summed E-state index contributed by atoms with van der Waals surface area (Å²) in [5.74, 6) is 0. The van der Waals surface area contributed by atoms with Gasteiger partial charge in [0, 0.05) is 28.2 Å². The second-order valence-electron chi connectivity index (χ2n) is 10.3. The van der Waals surface area contributed by atoms with Crippen molar-refractivity contribution in [2.24, 2.45) is 0 Å². The molecule has 2 heterocycles. The van der Waals surface area contributed by atoms with Crippen LogP contribution in [0, 0.1) is 11.3 Å². The third-order valence-electron chi connectivity index (χ3n) is 8.06. The Labute approximate surface area is 237 Å². The van der Waals surface area contributed by atoms with Gasteiger partial charge in [-0.05, 0) is 69.1 Å². The van der Waals surface area contributed by atoms with Gasteiger partial charge in [-0.25, -0.2) is 0 Å². The molecule has 3 nitrogen and oxygen atoms in total. The summed E-state index contributed by atoms with van der Waals surface area (Å²) < 4.78 is 2.40. The smallest absolute Gasteiger partial charge is 0.0992 e. The Morgan fingerprint density at radius 2 is 1.24 bits per heavy atom. The van der Waals surface area contributed by atoms with Crippen LogP contribution in [0.4, 0.5) is 0 Å². The summed E-state index contributed by atoms with van der Waals surface area (Å²) >= 11 is 0. The molecule has 0 bridgehead atoms. The number of benzene rings is 6. The van der Waals surface area contributed by atoms with E-state index in [0.717, 1.165) is 22.5 Å². The Balaban J connectivity index is 1.45. The molecule has 0 saturated carbocycles. The zero-order valence-corrected chi connectivity index (χ0v) is 22.1. The Morgan fingerprint density at radius 1 is 0.561 bits per heavy atom. The quantitative estimate of drug-likeness (QED) is 0.232. The first-order valence-corrected chi connectivity index (χ1v) is 13.7. The lowest BCUT2D eigenvalue weighted by Gasteiger charge is -2.12. The molecule has 8 aromatic rings. The number of para-hydroxylation sites is 1. The minimum atomic E-state index is 0.608. The van der Waals surface area contributed by atoms with E-state index in [4.69, 9.17) is 0 Å². The summed E-state index contributed by atoms with van der Waals surface area (Å²) in [6.07, 6.45) is 1.69. The molecule has 0 unspecified atom stereocenters. The third-order valence-corrected chi connectivity index (χ3v) is 8.06. The van der Waals surface area contributed by atoms with E-state index < -0.39 is 0 Å². The molecule has 2 aromatic heterocycles. The number of nitrogens with zero attached hydrogens (tertiary/aromatic N) is 3. The van der Waals surface area contributed by atoms with E-state index in [0.29, 0.717) is 5.56 Å².